The summed E-state index contributed by atoms with van der Waals surface area (Å²) < 4.78 is 2.33. The average Bonchev–Trinajstić information content (AvgIpc) is 2.66. The fourth-order valence-corrected chi connectivity index (χ4v) is 3.56. The van der Waals surface area contributed by atoms with Gasteiger partial charge < -0.3 is 5.73 Å². The second-order valence-corrected chi connectivity index (χ2v) is 5.98. The van der Waals surface area contributed by atoms with Crippen molar-refractivity contribution < 1.29 is 0 Å². The van der Waals surface area contributed by atoms with Crippen LogP contribution in [0.1, 0.15) is 10.4 Å². The van der Waals surface area contributed by atoms with Crippen LogP contribution in [0.5, 0.6) is 0 Å². The molecule has 0 aliphatic heterocycles. The van der Waals surface area contributed by atoms with E-state index in [0.717, 1.165) is 15.9 Å². The molecule has 3 nitrogen and oxygen atoms in total. The summed E-state index contributed by atoms with van der Waals surface area (Å²) in [6.45, 7) is 4.15. The number of thiophene rings is 1. The van der Waals surface area contributed by atoms with Crippen LogP contribution >= 0.6 is 23.6 Å². The number of nitrogens with zero attached hydrogens (tertiary/aromatic N) is 2. The van der Waals surface area contributed by atoms with Crippen molar-refractivity contribution in [2.24, 2.45) is 0 Å². The Bertz CT molecular complexity index is 816. The highest BCUT2D eigenvalue weighted by Crippen LogP contribution is 2.33. The number of hydrogen-bond donors (Lipinski definition) is 1. The van der Waals surface area contributed by atoms with Crippen molar-refractivity contribution >= 4 is 39.6 Å². The van der Waals surface area contributed by atoms with Crippen molar-refractivity contribution in [1.82, 2.24) is 9.55 Å². The molecular weight excluding hydrogens is 274 g/mol. The van der Waals surface area contributed by atoms with Gasteiger partial charge in [-0.3, -0.25) is 4.57 Å². The molecule has 3 aromatic rings. The Morgan fingerprint density at radius 1 is 1.21 bits per heavy atom. The Balaban J connectivity index is 2.44. The summed E-state index contributed by atoms with van der Waals surface area (Å²) >= 11 is 7.02. The molecule has 0 saturated carbocycles. The van der Waals surface area contributed by atoms with Crippen molar-refractivity contribution in [3.63, 3.8) is 0 Å². The van der Waals surface area contributed by atoms with Crippen LogP contribution in [0.3, 0.4) is 0 Å². The zero-order valence-electron chi connectivity index (χ0n) is 10.7. The van der Waals surface area contributed by atoms with Crippen LogP contribution in [0, 0.1) is 18.6 Å². The largest absolute Gasteiger partial charge is 0.384 e. The summed E-state index contributed by atoms with van der Waals surface area (Å²) in [5, 5.41) is 1.01. The van der Waals surface area contributed by atoms with Crippen LogP contribution in [0.4, 0.5) is 5.82 Å². The lowest BCUT2D eigenvalue weighted by Gasteiger charge is -2.11. The summed E-state index contributed by atoms with van der Waals surface area (Å²) in [6, 6.07) is 9.86. The third-order valence-electron chi connectivity index (χ3n) is 3.27. The first-order valence-electron chi connectivity index (χ1n) is 5.93. The monoisotopic (exact) mass is 287 g/mol. The van der Waals surface area contributed by atoms with E-state index in [9.17, 15) is 0 Å². The van der Waals surface area contributed by atoms with Gasteiger partial charge in [0.1, 0.15) is 10.6 Å². The molecule has 0 unspecified atom stereocenters. The van der Waals surface area contributed by atoms with Crippen molar-refractivity contribution in [1.29, 1.82) is 0 Å². The van der Waals surface area contributed by atoms with Gasteiger partial charge in [0.05, 0.1) is 5.39 Å². The number of hydrogen-bond acceptors (Lipinski definition) is 4. The summed E-state index contributed by atoms with van der Waals surface area (Å²) in [4.78, 5) is 6.66. The minimum absolute atomic E-state index is 0.498. The minimum atomic E-state index is 0.498. The van der Waals surface area contributed by atoms with Gasteiger partial charge in [0.2, 0.25) is 4.77 Å². The molecule has 2 aromatic heterocycles. The van der Waals surface area contributed by atoms with E-state index in [2.05, 4.69) is 18.8 Å². The molecule has 96 valence electrons. The number of anilines is 1. The van der Waals surface area contributed by atoms with Crippen molar-refractivity contribution in [2.75, 3.05) is 5.73 Å². The number of rotatable bonds is 1. The number of benzene rings is 1. The Kier molecular flexibility index (Phi) is 2.88. The standard InChI is InChI=1S/C14H13N3S2/c1-8-9(2)19-13-11(8)12(15)17(14(18)16-13)10-6-4-3-5-7-10/h3-7H,15H2,1-2H3. The van der Waals surface area contributed by atoms with E-state index < -0.39 is 0 Å². The number of aryl methyl sites for hydroxylation is 2. The first-order valence-corrected chi connectivity index (χ1v) is 7.15. The van der Waals surface area contributed by atoms with E-state index in [1.165, 1.54) is 10.4 Å². The first-order chi connectivity index (χ1) is 9.09. The molecule has 0 aliphatic carbocycles. The zero-order valence-corrected chi connectivity index (χ0v) is 12.3. The third kappa shape index (κ3) is 1.86. The average molecular weight is 287 g/mol. The maximum atomic E-state index is 6.33. The highest BCUT2D eigenvalue weighted by Gasteiger charge is 2.14. The molecule has 0 saturated heterocycles. The molecule has 0 spiro atoms. The van der Waals surface area contributed by atoms with Crippen LogP contribution in [0.15, 0.2) is 30.3 Å². The van der Waals surface area contributed by atoms with E-state index in [4.69, 9.17) is 18.0 Å². The fraction of sp³-hybridized carbons (Fsp3) is 0.143. The first kappa shape index (κ1) is 12.3. The van der Waals surface area contributed by atoms with Crippen LogP contribution < -0.4 is 5.73 Å². The number of nitrogens with two attached hydrogens (primary N) is 1. The molecule has 0 aliphatic rings. The van der Waals surface area contributed by atoms with E-state index in [0.29, 0.717) is 10.6 Å². The minimum Gasteiger partial charge on any atom is -0.384 e. The lowest BCUT2D eigenvalue weighted by Crippen LogP contribution is -2.06. The molecule has 0 atom stereocenters. The summed E-state index contributed by atoms with van der Waals surface area (Å²) in [5.41, 5.74) is 8.46. The normalized spacial score (nSPS) is 11.1. The van der Waals surface area contributed by atoms with Gasteiger partial charge in [-0.25, -0.2) is 4.98 Å². The van der Waals surface area contributed by atoms with Gasteiger partial charge in [-0.05, 0) is 43.8 Å². The molecule has 1 aromatic carbocycles. The van der Waals surface area contributed by atoms with E-state index in [1.54, 1.807) is 11.3 Å². The maximum absolute atomic E-state index is 6.33. The molecule has 2 heterocycles. The van der Waals surface area contributed by atoms with E-state index in [-0.39, 0.29) is 0 Å². The van der Waals surface area contributed by atoms with E-state index in [1.807, 2.05) is 34.9 Å². The second kappa shape index (κ2) is 4.43. The van der Waals surface area contributed by atoms with Gasteiger partial charge in [0.15, 0.2) is 0 Å². The predicted molar refractivity (Wildman–Crippen MR) is 83.7 cm³/mol. The van der Waals surface area contributed by atoms with Crippen LogP contribution in [-0.4, -0.2) is 9.55 Å². The molecule has 3 rings (SSSR count). The summed E-state index contributed by atoms with van der Waals surface area (Å²) in [6.07, 6.45) is 0. The van der Waals surface area contributed by atoms with Gasteiger partial charge in [-0.2, -0.15) is 0 Å². The smallest absolute Gasteiger partial charge is 0.207 e. The maximum Gasteiger partial charge on any atom is 0.207 e. The Morgan fingerprint density at radius 3 is 2.58 bits per heavy atom. The zero-order chi connectivity index (χ0) is 13.6. The van der Waals surface area contributed by atoms with Crippen LogP contribution in [-0.2, 0) is 0 Å². The molecule has 5 heteroatoms. The van der Waals surface area contributed by atoms with Crippen LogP contribution in [0.25, 0.3) is 15.9 Å². The summed E-state index contributed by atoms with van der Waals surface area (Å²) in [5.74, 6) is 0.669. The lowest BCUT2D eigenvalue weighted by atomic mass is 10.2. The molecule has 0 fully saturated rings. The van der Waals surface area contributed by atoms with Gasteiger partial charge >= 0.3 is 0 Å². The molecule has 2 N–H and O–H groups in total. The van der Waals surface area contributed by atoms with Gasteiger partial charge in [-0.1, -0.05) is 18.2 Å². The van der Waals surface area contributed by atoms with Crippen molar-refractivity contribution in [3.05, 3.63) is 45.5 Å². The van der Waals surface area contributed by atoms with Gasteiger partial charge in [-0.15, -0.1) is 11.3 Å². The highest BCUT2D eigenvalue weighted by atomic mass is 32.1. The third-order valence-corrected chi connectivity index (χ3v) is 4.64. The van der Waals surface area contributed by atoms with Crippen LogP contribution in [0.2, 0.25) is 0 Å². The summed E-state index contributed by atoms with van der Waals surface area (Å²) in [7, 11) is 0. The Labute approximate surface area is 120 Å². The predicted octanol–water partition coefficient (Wildman–Crippen LogP) is 4.02. The van der Waals surface area contributed by atoms with Gasteiger partial charge in [0, 0.05) is 10.6 Å². The molecule has 0 radical (unpaired) electrons. The quantitative estimate of drug-likeness (QED) is 0.688. The fourth-order valence-electron chi connectivity index (χ4n) is 2.17. The number of nitrogen functional groups attached to an aromatic ring is 1. The highest BCUT2D eigenvalue weighted by molar-refractivity contribution is 7.71. The molecule has 0 amide bonds. The second-order valence-electron chi connectivity index (χ2n) is 4.41. The SMILES string of the molecule is Cc1sc2nc(=S)n(-c3ccccc3)c(N)c2c1C. The van der Waals surface area contributed by atoms with Crippen molar-refractivity contribution in [3.8, 4) is 5.69 Å². The lowest BCUT2D eigenvalue weighted by molar-refractivity contribution is 0.997. The molecular formula is C14H13N3S2. The number of para-hydroxylation sites is 1. The topological polar surface area (TPSA) is 43.8 Å². The number of fused-ring (bicyclic) bond motifs is 1. The van der Waals surface area contributed by atoms with E-state index >= 15 is 0 Å². The molecule has 19 heavy (non-hydrogen) atoms. The van der Waals surface area contributed by atoms with Gasteiger partial charge in [0.25, 0.3) is 0 Å². The number of aromatic nitrogens is 2. The molecule has 0 bridgehead atoms. The Morgan fingerprint density at radius 2 is 1.89 bits per heavy atom. The Hall–Kier alpha value is -1.72. The van der Waals surface area contributed by atoms with Crippen molar-refractivity contribution in [2.45, 2.75) is 13.8 Å².